The quantitative estimate of drug-likeness (QED) is 0.658. The highest BCUT2D eigenvalue weighted by Gasteiger charge is 2.21. The van der Waals surface area contributed by atoms with E-state index in [1.165, 1.54) is 0 Å². The molecule has 0 rings (SSSR count). The molecule has 4 nitrogen and oxygen atoms in total. The van der Waals surface area contributed by atoms with E-state index in [1.54, 1.807) is 14.2 Å². The highest BCUT2D eigenvalue weighted by Crippen LogP contribution is 2.08. The SMILES string of the molecule is CCC(CC)C(=O)NC(C)C(OC)OC. The number of amides is 1. The second-order valence-electron chi connectivity index (χ2n) is 3.65. The molecule has 0 aliphatic heterocycles. The highest BCUT2D eigenvalue weighted by molar-refractivity contribution is 5.78. The number of hydrogen-bond donors (Lipinski definition) is 1. The normalized spacial score (nSPS) is 13.3. The average Bonchev–Trinajstić information content (AvgIpc) is 2.21. The summed E-state index contributed by atoms with van der Waals surface area (Å²) >= 11 is 0. The third-order valence-corrected chi connectivity index (χ3v) is 2.60. The minimum Gasteiger partial charge on any atom is -0.354 e. The standard InChI is InChI=1S/C11H23NO3/c1-6-9(7-2)10(13)12-8(3)11(14-4)15-5/h8-9,11H,6-7H2,1-5H3,(H,12,13). The minimum absolute atomic E-state index is 0.0756. The van der Waals surface area contributed by atoms with Crippen LogP contribution in [0.1, 0.15) is 33.6 Å². The topological polar surface area (TPSA) is 47.6 Å². The van der Waals surface area contributed by atoms with Crippen LogP contribution < -0.4 is 5.32 Å². The maximum absolute atomic E-state index is 11.7. The lowest BCUT2D eigenvalue weighted by molar-refractivity contribution is -0.138. The van der Waals surface area contributed by atoms with Crippen LogP contribution >= 0.6 is 0 Å². The fraction of sp³-hybridized carbons (Fsp3) is 0.909. The number of carbonyl (C=O) groups is 1. The van der Waals surface area contributed by atoms with Crippen molar-refractivity contribution in [3.05, 3.63) is 0 Å². The summed E-state index contributed by atoms with van der Waals surface area (Å²) in [4.78, 5) is 11.7. The first kappa shape index (κ1) is 14.4. The lowest BCUT2D eigenvalue weighted by atomic mass is 10.0. The van der Waals surface area contributed by atoms with Crippen molar-refractivity contribution in [3.63, 3.8) is 0 Å². The van der Waals surface area contributed by atoms with Gasteiger partial charge in [-0.05, 0) is 19.8 Å². The van der Waals surface area contributed by atoms with E-state index < -0.39 is 0 Å². The second-order valence-corrected chi connectivity index (χ2v) is 3.65. The fourth-order valence-corrected chi connectivity index (χ4v) is 1.57. The number of ether oxygens (including phenoxy) is 2. The molecule has 90 valence electrons. The smallest absolute Gasteiger partial charge is 0.223 e. The van der Waals surface area contributed by atoms with Crippen molar-refractivity contribution in [2.45, 2.75) is 45.9 Å². The summed E-state index contributed by atoms with van der Waals surface area (Å²) in [6, 6.07) is -0.131. The van der Waals surface area contributed by atoms with Crippen molar-refractivity contribution in [2.24, 2.45) is 5.92 Å². The molecular formula is C11H23NO3. The molecule has 0 aromatic carbocycles. The van der Waals surface area contributed by atoms with E-state index in [0.717, 1.165) is 12.8 Å². The number of hydrogen-bond acceptors (Lipinski definition) is 3. The lowest BCUT2D eigenvalue weighted by Crippen LogP contribution is -2.45. The monoisotopic (exact) mass is 217 g/mol. The predicted octanol–water partition coefficient (Wildman–Crippen LogP) is 1.55. The van der Waals surface area contributed by atoms with E-state index >= 15 is 0 Å². The number of rotatable bonds is 7. The molecule has 0 aromatic rings. The van der Waals surface area contributed by atoms with E-state index in [1.807, 2.05) is 20.8 Å². The van der Waals surface area contributed by atoms with E-state index in [-0.39, 0.29) is 24.2 Å². The van der Waals surface area contributed by atoms with Gasteiger partial charge in [-0.3, -0.25) is 4.79 Å². The maximum atomic E-state index is 11.7. The minimum atomic E-state index is -0.386. The van der Waals surface area contributed by atoms with Gasteiger partial charge in [0.15, 0.2) is 6.29 Å². The summed E-state index contributed by atoms with van der Waals surface area (Å²) < 4.78 is 10.1. The zero-order valence-corrected chi connectivity index (χ0v) is 10.4. The summed E-state index contributed by atoms with van der Waals surface area (Å²) in [7, 11) is 3.13. The van der Waals surface area contributed by atoms with Gasteiger partial charge in [-0.25, -0.2) is 0 Å². The van der Waals surface area contributed by atoms with Gasteiger partial charge in [0.2, 0.25) is 5.91 Å². The van der Waals surface area contributed by atoms with Crippen LogP contribution in [-0.2, 0) is 14.3 Å². The number of carbonyl (C=O) groups excluding carboxylic acids is 1. The molecule has 0 heterocycles. The van der Waals surface area contributed by atoms with Gasteiger partial charge < -0.3 is 14.8 Å². The highest BCUT2D eigenvalue weighted by atomic mass is 16.7. The van der Waals surface area contributed by atoms with Crippen LogP contribution in [0.2, 0.25) is 0 Å². The number of nitrogens with one attached hydrogen (secondary N) is 1. The molecule has 0 aliphatic rings. The van der Waals surface area contributed by atoms with Gasteiger partial charge in [0.25, 0.3) is 0 Å². The van der Waals surface area contributed by atoms with Gasteiger partial charge in [0.1, 0.15) is 0 Å². The predicted molar refractivity (Wildman–Crippen MR) is 59.5 cm³/mol. The Kier molecular flexibility index (Phi) is 7.34. The molecule has 0 saturated heterocycles. The Morgan fingerprint density at radius 2 is 1.67 bits per heavy atom. The van der Waals surface area contributed by atoms with Crippen molar-refractivity contribution in [2.75, 3.05) is 14.2 Å². The lowest BCUT2D eigenvalue weighted by Gasteiger charge is -2.24. The summed E-state index contributed by atoms with van der Waals surface area (Å²) in [5.74, 6) is 0.161. The van der Waals surface area contributed by atoms with E-state index in [9.17, 15) is 4.79 Å². The first-order chi connectivity index (χ1) is 7.10. The third-order valence-electron chi connectivity index (χ3n) is 2.60. The van der Waals surface area contributed by atoms with Gasteiger partial charge in [-0.15, -0.1) is 0 Å². The molecule has 4 heteroatoms. The van der Waals surface area contributed by atoms with Crippen LogP contribution in [0.4, 0.5) is 0 Å². The first-order valence-corrected chi connectivity index (χ1v) is 5.46. The van der Waals surface area contributed by atoms with Gasteiger partial charge in [0.05, 0.1) is 6.04 Å². The maximum Gasteiger partial charge on any atom is 0.223 e. The van der Waals surface area contributed by atoms with Crippen molar-refractivity contribution >= 4 is 5.91 Å². The van der Waals surface area contributed by atoms with E-state index in [4.69, 9.17) is 9.47 Å². The van der Waals surface area contributed by atoms with Crippen LogP contribution in [-0.4, -0.2) is 32.5 Å². The molecule has 0 aromatic heterocycles. The summed E-state index contributed by atoms with van der Waals surface area (Å²) in [5.41, 5.74) is 0. The molecule has 0 aliphatic carbocycles. The number of methoxy groups -OCH3 is 2. The Morgan fingerprint density at radius 3 is 2.00 bits per heavy atom. The van der Waals surface area contributed by atoms with Crippen LogP contribution in [0.5, 0.6) is 0 Å². The van der Waals surface area contributed by atoms with Gasteiger partial charge in [-0.2, -0.15) is 0 Å². The van der Waals surface area contributed by atoms with Crippen molar-refractivity contribution in [1.29, 1.82) is 0 Å². The Labute approximate surface area is 92.3 Å². The molecule has 0 saturated carbocycles. The molecular weight excluding hydrogens is 194 g/mol. The van der Waals surface area contributed by atoms with Crippen LogP contribution in [0, 0.1) is 5.92 Å². The molecule has 1 atom stereocenters. The third kappa shape index (κ3) is 4.62. The van der Waals surface area contributed by atoms with Gasteiger partial charge in [0, 0.05) is 20.1 Å². The van der Waals surface area contributed by atoms with Gasteiger partial charge in [-0.1, -0.05) is 13.8 Å². The Hall–Kier alpha value is -0.610. The van der Waals surface area contributed by atoms with E-state index in [0.29, 0.717) is 0 Å². The molecule has 0 bridgehead atoms. The molecule has 1 unspecified atom stereocenters. The molecule has 0 spiro atoms. The van der Waals surface area contributed by atoms with Crippen LogP contribution in [0.25, 0.3) is 0 Å². The summed E-state index contributed by atoms with van der Waals surface area (Å²) in [6.07, 6.45) is 1.34. The second kappa shape index (κ2) is 7.65. The van der Waals surface area contributed by atoms with Crippen LogP contribution in [0.15, 0.2) is 0 Å². The summed E-state index contributed by atoms with van der Waals surface area (Å²) in [5, 5.41) is 2.89. The Balaban J connectivity index is 4.15. The fourth-order valence-electron chi connectivity index (χ4n) is 1.57. The zero-order valence-electron chi connectivity index (χ0n) is 10.4. The van der Waals surface area contributed by atoms with Crippen molar-refractivity contribution in [3.8, 4) is 0 Å². The summed E-state index contributed by atoms with van der Waals surface area (Å²) in [6.45, 7) is 5.91. The molecule has 15 heavy (non-hydrogen) atoms. The van der Waals surface area contributed by atoms with Crippen LogP contribution in [0.3, 0.4) is 0 Å². The molecule has 1 amide bonds. The first-order valence-electron chi connectivity index (χ1n) is 5.46. The zero-order chi connectivity index (χ0) is 11.8. The Bertz CT molecular complexity index is 177. The largest absolute Gasteiger partial charge is 0.354 e. The molecule has 0 fully saturated rings. The molecule has 1 N–H and O–H groups in total. The average molecular weight is 217 g/mol. The van der Waals surface area contributed by atoms with E-state index in [2.05, 4.69) is 5.32 Å². The van der Waals surface area contributed by atoms with Gasteiger partial charge >= 0.3 is 0 Å². The molecule has 0 radical (unpaired) electrons. The van der Waals surface area contributed by atoms with Crippen molar-refractivity contribution < 1.29 is 14.3 Å². The van der Waals surface area contributed by atoms with Crippen molar-refractivity contribution in [1.82, 2.24) is 5.32 Å². The Morgan fingerprint density at radius 1 is 1.20 bits per heavy atom.